The predicted molar refractivity (Wildman–Crippen MR) is 73.1 cm³/mol. The molecule has 0 bridgehead atoms. The molecule has 0 aliphatic rings. The summed E-state index contributed by atoms with van der Waals surface area (Å²) in [6.45, 7) is 0. The number of carboxylic acids is 1. The van der Waals surface area contributed by atoms with Crippen LogP contribution >= 0.6 is 11.3 Å². The highest BCUT2D eigenvalue weighted by Crippen LogP contribution is 2.21. The fourth-order valence-electron chi connectivity index (χ4n) is 1.42. The Morgan fingerprint density at radius 1 is 1.33 bits per heavy atom. The lowest BCUT2D eigenvalue weighted by Gasteiger charge is -2.03. The molecule has 0 saturated carbocycles. The number of benzene rings is 1. The fourth-order valence-corrected chi connectivity index (χ4v) is 2.13. The van der Waals surface area contributed by atoms with E-state index in [1.54, 1.807) is 0 Å². The number of aromatic nitrogens is 1. The minimum Gasteiger partial charge on any atom is -0.478 e. The van der Waals surface area contributed by atoms with E-state index in [1.807, 2.05) is 0 Å². The number of anilines is 1. The Balaban J connectivity index is 2.13. The molecule has 0 aliphatic heterocycles. The van der Waals surface area contributed by atoms with Gasteiger partial charge < -0.3 is 5.11 Å². The van der Waals surface area contributed by atoms with Gasteiger partial charge in [0.15, 0.2) is 16.8 Å². The van der Waals surface area contributed by atoms with Gasteiger partial charge in [-0.2, -0.15) is 0 Å². The van der Waals surface area contributed by atoms with E-state index in [4.69, 9.17) is 5.11 Å². The van der Waals surface area contributed by atoms with E-state index in [0.717, 1.165) is 29.5 Å². The SMILES string of the molecule is O=C(O)C=Cc1cnc(NC(=O)c2cccc(F)c2F)s1. The summed E-state index contributed by atoms with van der Waals surface area (Å²) in [5.41, 5.74) is -0.437. The second kappa shape index (κ2) is 6.23. The molecule has 0 atom stereocenters. The van der Waals surface area contributed by atoms with Crippen LogP contribution < -0.4 is 5.32 Å². The number of carboxylic acid groups (broad SMARTS) is 1. The standard InChI is InChI=1S/C13H8F2N2O3S/c14-9-3-1-2-8(11(9)15)12(20)17-13-16-6-7(21-13)4-5-10(18)19/h1-6H,(H,18,19)(H,16,17,20). The van der Waals surface area contributed by atoms with Crippen molar-refractivity contribution >= 4 is 34.4 Å². The van der Waals surface area contributed by atoms with Gasteiger partial charge in [-0.3, -0.25) is 10.1 Å². The zero-order chi connectivity index (χ0) is 15.4. The molecule has 2 N–H and O–H groups in total. The number of hydrogen-bond acceptors (Lipinski definition) is 4. The lowest BCUT2D eigenvalue weighted by atomic mass is 10.2. The molecule has 21 heavy (non-hydrogen) atoms. The number of carbonyl (C=O) groups excluding carboxylic acids is 1. The Labute approximate surface area is 121 Å². The molecule has 1 aromatic heterocycles. The van der Waals surface area contributed by atoms with Crippen molar-refractivity contribution in [1.29, 1.82) is 0 Å². The second-order valence-electron chi connectivity index (χ2n) is 3.79. The van der Waals surface area contributed by atoms with E-state index >= 15 is 0 Å². The summed E-state index contributed by atoms with van der Waals surface area (Å²) < 4.78 is 26.5. The molecular weight excluding hydrogens is 302 g/mol. The molecule has 2 aromatic rings. The van der Waals surface area contributed by atoms with Crippen molar-refractivity contribution in [3.05, 3.63) is 52.5 Å². The molecule has 0 fully saturated rings. The van der Waals surface area contributed by atoms with Crippen molar-refractivity contribution in [1.82, 2.24) is 4.98 Å². The van der Waals surface area contributed by atoms with Crippen LogP contribution in [0.5, 0.6) is 0 Å². The molecule has 0 spiro atoms. The van der Waals surface area contributed by atoms with E-state index in [0.29, 0.717) is 4.88 Å². The average molecular weight is 310 g/mol. The van der Waals surface area contributed by atoms with Gasteiger partial charge in [0.25, 0.3) is 5.91 Å². The fraction of sp³-hybridized carbons (Fsp3) is 0. The summed E-state index contributed by atoms with van der Waals surface area (Å²) in [7, 11) is 0. The summed E-state index contributed by atoms with van der Waals surface area (Å²) in [6.07, 6.45) is 3.57. The molecule has 1 amide bonds. The molecule has 0 aliphatic carbocycles. The Bertz CT molecular complexity index is 728. The van der Waals surface area contributed by atoms with Gasteiger partial charge in [0.05, 0.1) is 5.56 Å². The third-order valence-electron chi connectivity index (χ3n) is 2.33. The van der Waals surface area contributed by atoms with Gasteiger partial charge in [-0.15, -0.1) is 0 Å². The minimum absolute atomic E-state index is 0.147. The number of aliphatic carboxylic acids is 1. The molecule has 1 heterocycles. The van der Waals surface area contributed by atoms with Crippen LogP contribution in [0.15, 0.2) is 30.5 Å². The quantitative estimate of drug-likeness (QED) is 0.851. The number of halogens is 2. The number of amides is 1. The first-order chi connectivity index (χ1) is 9.97. The molecule has 8 heteroatoms. The van der Waals surface area contributed by atoms with Crippen LogP contribution in [-0.2, 0) is 4.79 Å². The van der Waals surface area contributed by atoms with Gasteiger partial charge in [0, 0.05) is 17.2 Å². The second-order valence-corrected chi connectivity index (χ2v) is 4.86. The number of carbonyl (C=O) groups is 2. The van der Waals surface area contributed by atoms with Crippen LogP contribution in [0.1, 0.15) is 15.2 Å². The van der Waals surface area contributed by atoms with Crippen LogP contribution in [0.3, 0.4) is 0 Å². The molecular formula is C13H8F2N2O3S. The highest BCUT2D eigenvalue weighted by molar-refractivity contribution is 7.16. The third-order valence-corrected chi connectivity index (χ3v) is 3.21. The Hall–Kier alpha value is -2.61. The number of rotatable bonds is 4. The summed E-state index contributed by atoms with van der Waals surface area (Å²) in [6, 6.07) is 3.27. The topological polar surface area (TPSA) is 79.3 Å². The lowest BCUT2D eigenvalue weighted by molar-refractivity contribution is -0.131. The van der Waals surface area contributed by atoms with E-state index in [2.05, 4.69) is 10.3 Å². The van der Waals surface area contributed by atoms with E-state index in [9.17, 15) is 18.4 Å². The summed E-state index contributed by atoms with van der Waals surface area (Å²) in [5.74, 6) is -4.31. The highest BCUT2D eigenvalue weighted by atomic mass is 32.1. The molecule has 5 nitrogen and oxygen atoms in total. The van der Waals surface area contributed by atoms with Crippen LogP contribution in [-0.4, -0.2) is 22.0 Å². The first kappa shape index (κ1) is 14.8. The molecule has 0 saturated heterocycles. The molecule has 0 radical (unpaired) electrons. The Kier molecular flexibility index (Phi) is 4.39. The lowest BCUT2D eigenvalue weighted by Crippen LogP contribution is -2.14. The predicted octanol–water partition coefficient (Wildman–Crippen LogP) is 2.77. The normalized spacial score (nSPS) is 10.8. The average Bonchev–Trinajstić information content (AvgIpc) is 2.87. The minimum atomic E-state index is -1.24. The van der Waals surface area contributed by atoms with E-state index < -0.39 is 29.1 Å². The number of hydrogen-bond donors (Lipinski definition) is 2. The van der Waals surface area contributed by atoms with E-state index in [1.165, 1.54) is 18.3 Å². The third kappa shape index (κ3) is 3.69. The van der Waals surface area contributed by atoms with Gasteiger partial charge in [-0.25, -0.2) is 18.6 Å². The number of nitrogens with zero attached hydrogens (tertiary/aromatic N) is 1. The molecule has 108 valence electrons. The van der Waals surface area contributed by atoms with Gasteiger partial charge in [-0.05, 0) is 18.2 Å². The Morgan fingerprint density at radius 2 is 2.10 bits per heavy atom. The van der Waals surface area contributed by atoms with Gasteiger partial charge in [0.2, 0.25) is 0 Å². The van der Waals surface area contributed by atoms with Crippen molar-refractivity contribution < 1.29 is 23.5 Å². The summed E-state index contributed by atoms with van der Waals surface area (Å²) >= 11 is 0.999. The van der Waals surface area contributed by atoms with Crippen molar-refractivity contribution in [2.24, 2.45) is 0 Å². The zero-order valence-corrected chi connectivity index (χ0v) is 11.2. The van der Waals surface area contributed by atoms with Gasteiger partial charge in [0.1, 0.15) is 0 Å². The number of thiazole rings is 1. The summed E-state index contributed by atoms with van der Waals surface area (Å²) in [4.78, 5) is 26.5. The van der Waals surface area contributed by atoms with Gasteiger partial charge in [-0.1, -0.05) is 17.4 Å². The monoisotopic (exact) mass is 310 g/mol. The molecule has 2 rings (SSSR count). The first-order valence-electron chi connectivity index (χ1n) is 5.59. The van der Waals surface area contributed by atoms with Crippen molar-refractivity contribution in [3.63, 3.8) is 0 Å². The maximum atomic E-state index is 13.4. The largest absolute Gasteiger partial charge is 0.478 e. The van der Waals surface area contributed by atoms with E-state index in [-0.39, 0.29) is 5.13 Å². The first-order valence-corrected chi connectivity index (χ1v) is 6.41. The van der Waals surface area contributed by atoms with Crippen LogP contribution in [0.2, 0.25) is 0 Å². The van der Waals surface area contributed by atoms with Gasteiger partial charge >= 0.3 is 5.97 Å². The van der Waals surface area contributed by atoms with Crippen LogP contribution in [0, 0.1) is 11.6 Å². The zero-order valence-electron chi connectivity index (χ0n) is 10.3. The summed E-state index contributed by atoms with van der Waals surface area (Å²) in [5, 5.41) is 10.9. The van der Waals surface area contributed by atoms with Crippen molar-refractivity contribution in [2.45, 2.75) is 0 Å². The highest BCUT2D eigenvalue weighted by Gasteiger charge is 2.16. The Morgan fingerprint density at radius 3 is 2.81 bits per heavy atom. The molecule has 0 unspecified atom stereocenters. The smallest absolute Gasteiger partial charge is 0.328 e. The number of nitrogens with one attached hydrogen (secondary N) is 1. The van der Waals surface area contributed by atoms with Crippen LogP contribution in [0.4, 0.5) is 13.9 Å². The maximum absolute atomic E-state index is 13.4. The van der Waals surface area contributed by atoms with Crippen LogP contribution in [0.25, 0.3) is 6.08 Å². The maximum Gasteiger partial charge on any atom is 0.328 e. The van der Waals surface area contributed by atoms with Crippen molar-refractivity contribution in [2.75, 3.05) is 5.32 Å². The molecule has 1 aromatic carbocycles. The van der Waals surface area contributed by atoms with Crippen molar-refractivity contribution in [3.8, 4) is 0 Å².